The molecular formula is C24H21N3O3. The number of aryl methyl sites for hydroxylation is 2. The third-order valence-electron chi connectivity index (χ3n) is 5.29. The Morgan fingerprint density at radius 2 is 1.80 bits per heavy atom. The standard InChI is InChI=1S/C24H21N3O3/c1-15-5-6-16(2)19(12-15)22(28)20-21(18-7-10-25-11-8-18)27(24(30)23(20)29)14-17-4-3-9-26-13-17/h3-13,21,28H,14H2,1-2H3/b22-20-. The maximum absolute atomic E-state index is 13.1. The number of pyridine rings is 2. The average molecular weight is 399 g/mol. The lowest BCUT2D eigenvalue weighted by Gasteiger charge is -2.25. The van der Waals surface area contributed by atoms with Gasteiger partial charge in [-0.2, -0.15) is 0 Å². The fraction of sp³-hybridized carbons (Fsp3) is 0.167. The van der Waals surface area contributed by atoms with Crippen LogP contribution in [0.5, 0.6) is 0 Å². The topological polar surface area (TPSA) is 83.4 Å². The van der Waals surface area contributed by atoms with Crippen LogP contribution in [0.1, 0.15) is 33.9 Å². The predicted molar refractivity (Wildman–Crippen MR) is 112 cm³/mol. The number of benzene rings is 1. The molecule has 1 unspecified atom stereocenters. The molecule has 6 heteroatoms. The number of aromatic nitrogens is 2. The minimum absolute atomic E-state index is 0.0868. The highest BCUT2D eigenvalue weighted by atomic mass is 16.3. The molecule has 0 saturated carbocycles. The van der Waals surface area contributed by atoms with Crippen molar-refractivity contribution in [2.75, 3.05) is 0 Å². The largest absolute Gasteiger partial charge is 0.507 e. The van der Waals surface area contributed by atoms with E-state index in [1.54, 1.807) is 43.0 Å². The Morgan fingerprint density at radius 1 is 1.03 bits per heavy atom. The second kappa shape index (κ2) is 7.91. The van der Waals surface area contributed by atoms with Crippen LogP contribution in [-0.4, -0.2) is 31.7 Å². The van der Waals surface area contributed by atoms with Gasteiger partial charge in [0.05, 0.1) is 11.6 Å². The summed E-state index contributed by atoms with van der Waals surface area (Å²) in [5, 5.41) is 11.2. The molecule has 1 saturated heterocycles. The number of aliphatic hydroxyl groups is 1. The van der Waals surface area contributed by atoms with Crippen LogP contribution in [0.4, 0.5) is 0 Å². The molecule has 0 aliphatic carbocycles. The Kier molecular flexibility index (Phi) is 5.14. The highest BCUT2D eigenvalue weighted by Crippen LogP contribution is 2.40. The van der Waals surface area contributed by atoms with Gasteiger partial charge in [-0.25, -0.2) is 0 Å². The van der Waals surface area contributed by atoms with Crippen molar-refractivity contribution in [2.45, 2.75) is 26.4 Å². The quantitative estimate of drug-likeness (QED) is 0.411. The molecule has 0 bridgehead atoms. The number of amides is 1. The van der Waals surface area contributed by atoms with Crippen molar-refractivity contribution in [3.63, 3.8) is 0 Å². The molecule has 1 aromatic carbocycles. The maximum Gasteiger partial charge on any atom is 0.295 e. The van der Waals surface area contributed by atoms with Crippen LogP contribution in [0.2, 0.25) is 0 Å². The van der Waals surface area contributed by atoms with Crippen molar-refractivity contribution < 1.29 is 14.7 Å². The summed E-state index contributed by atoms with van der Waals surface area (Å²) in [5.74, 6) is -1.50. The monoisotopic (exact) mass is 399 g/mol. The molecule has 3 aromatic rings. The van der Waals surface area contributed by atoms with Gasteiger partial charge in [0.25, 0.3) is 11.7 Å². The van der Waals surface area contributed by atoms with Crippen LogP contribution < -0.4 is 0 Å². The van der Waals surface area contributed by atoms with Gasteiger partial charge in [-0.05, 0) is 54.8 Å². The Bertz CT molecular complexity index is 1140. The van der Waals surface area contributed by atoms with E-state index in [9.17, 15) is 14.7 Å². The average Bonchev–Trinajstić information content (AvgIpc) is 3.01. The number of likely N-dealkylation sites (tertiary alicyclic amines) is 1. The van der Waals surface area contributed by atoms with E-state index in [2.05, 4.69) is 9.97 Å². The van der Waals surface area contributed by atoms with Gasteiger partial charge in [-0.1, -0.05) is 23.8 Å². The number of hydrogen-bond donors (Lipinski definition) is 1. The highest BCUT2D eigenvalue weighted by molar-refractivity contribution is 6.46. The summed E-state index contributed by atoms with van der Waals surface area (Å²) in [5.41, 5.74) is 3.92. The van der Waals surface area contributed by atoms with Crippen LogP contribution in [0.25, 0.3) is 5.76 Å². The third kappa shape index (κ3) is 3.48. The second-order valence-electron chi connectivity index (χ2n) is 7.39. The predicted octanol–water partition coefficient (Wildman–Crippen LogP) is 3.72. The Morgan fingerprint density at radius 3 is 2.50 bits per heavy atom. The first-order chi connectivity index (χ1) is 14.5. The van der Waals surface area contributed by atoms with Crippen molar-refractivity contribution in [1.82, 2.24) is 14.9 Å². The zero-order valence-electron chi connectivity index (χ0n) is 16.7. The van der Waals surface area contributed by atoms with Gasteiger partial charge in [0.2, 0.25) is 0 Å². The van der Waals surface area contributed by atoms with Gasteiger partial charge in [0, 0.05) is 36.9 Å². The van der Waals surface area contributed by atoms with E-state index in [0.717, 1.165) is 16.7 Å². The minimum atomic E-state index is -0.715. The molecule has 0 spiro atoms. The second-order valence-corrected chi connectivity index (χ2v) is 7.39. The molecule has 1 N–H and O–H groups in total. The summed E-state index contributed by atoms with van der Waals surface area (Å²) in [4.78, 5) is 35.7. The number of nitrogens with zero attached hydrogens (tertiary/aromatic N) is 3. The van der Waals surface area contributed by atoms with E-state index in [0.29, 0.717) is 11.1 Å². The normalized spacial score (nSPS) is 18.1. The van der Waals surface area contributed by atoms with Gasteiger partial charge in [-0.15, -0.1) is 0 Å². The molecule has 0 radical (unpaired) electrons. The molecule has 1 amide bonds. The summed E-state index contributed by atoms with van der Waals surface area (Å²) >= 11 is 0. The number of ketones is 1. The van der Waals surface area contributed by atoms with E-state index in [1.165, 1.54) is 4.90 Å². The molecule has 3 heterocycles. The number of carbonyl (C=O) groups is 2. The van der Waals surface area contributed by atoms with Gasteiger partial charge in [0.1, 0.15) is 5.76 Å². The lowest BCUT2D eigenvalue weighted by Crippen LogP contribution is -2.29. The molecule has 4 rings (SSSR count). The SMILES string of the molecule is Cc1ccc(C)c(/C(O)=C2/C(=O)C(=O)N(Cc3cccnc3)C2c2ccncc2)c1. The molecule has 1 aliphatic heterocycles. The van der Waals surface area contributed by atoms with Crippen molar-refractivity contribution >= 4 is 17.4 Å². The van der Waals surface area contributed by atoms with Gasteiger partial charge < -0.3 is 10.0 Å². The number of hydrogen-bond acceptors (Lipinski definition) is 5. The van der Waals surface area contributed by atoms with E-state index >= 15 is 0 Å². The smallest absolute Gasteiger partial charge is 0.295 e. The minimum Gasteiger partial charge on any atom is -0.507 e. The number of Topliss-reactive ketones (excluding diaryl/α,β-unsaturated/α-hetero) is 1. The molecular weight excluding hydrogens is 378 g/mol. The van der Waals surface area contributed by atoms with Crippen molar-refractivity contribution in [3.05, 3.63) is 101 Å². The Balaban J connectivity index is 1.89. The van der Waals surface area contributed by atoms with Crippen molar-refractivity contribution in [1.29, 1.82) is 0 Å². The highest BCUT2D eigenvalue weighted by Gasteiger charge is 2.46. The molecule has 1 aliphatic rings. The fourth-order valence-electron chi connectivity index (χ4n) is 3.76. The van der Waals surface area contributed by atoms with E-state index in [-0.39, 0.29) is 17.9 Å². The Hall–Kier alpha value is -3.80. The molecule has 2 aromatic heterocycles. The summed E-state index contributed by atoms with van der Waals surface area (Å²) in [6.07, 6.45) is 6.53. The zero-order valence-corrected chi connectivity index (χ0v) is 16.7. The number of aliphatic hydroxyl groups excluding tert-OH is 1. The van der Waals surface area contributed by atoms with Gasteiger partial charge >= 0.3 is 0 Å². The first-order valence-electron chi connectivity index (χ1n) is 9.62. The lowest BCUT2D eigenvalue weighted by molar-refractivity contribution is -0.140. The zero-order chi connectivity index (χ0) is 21.3. The molecule has 1 fully saturated rings. The van der Waals surface area contributed by atoms with Crippen LogP contribution >= 0.6 is 0 Å². The molecule has 6 nitrogen and oxygen atoms in total. The van der Waals surface area contributed by atoms with E-state index in [1.807, 2.05) is 38.1 Å². The van der Waals surface area contributed by atoms with Crippen LogP contribution in [0, 0.1) is 13.8 Å². The van der Waals surface area contributed by atoms with Crippen molar-refractivity contribution in [2.24, 2.45) is 0 Å². The molecule has 30 heavy (non-hydrogen) atoms. The van der Waals surface area contributed by atoms with Crippen LogP contribution in [0.15, 0.2) is 72.8 Å². The van der Waals surface area contributed by atoms with Crippen molar-refractivity contribution in [3.8, 4) is 0 Å². The first kappa shape index (κ1) is 19.5. The van der Waals surface area contributed by atoms with E-state index in [4.69, 9.17) is 0 Å². The summed E-state index contributed by atoms with van der Waals surface area (Å²) in [7, 11) is 0. The number of carbonyl (C=O) groups excluding carboxylic acids is 2. The van der Waals surface area contributed by atoms with Crippen LogP contribution in [-0.2, 0) is 16.1 Å². The lowest BCUT2D eigenvalue weighted by atomic mass is 9.93. The van der Waals surface area contributed by atoms with Crippen LogP contribution in [0.3, 0.4) is 0 Å². The van der Waals surface area contributed by atoms with E-state index < -0.39 is 17.7 Å². The fourth-order valence-corrected chi connectivity index (χ4v) is 3.76. The first-order valence-corrected chi connectivity index (χ1v) is 9.62. The maximum atomic E-state index is 13.1. The third-order valence-corrected chi connectivity index (χ3v) is 5.29. The van der Waals surface area contributed by atoms with Gasteiger partial charge in [-0.3, -0.25) is 19.6 Å². The molecule has 1 atom stereocenters. The Labute approximate surface area is 174 Å². The summed E-state index contributed by atoms with van der Waals surface area (Å²) in [6.45, 7) is 3.98. The summed E-state index contributed by atoms with van der Waals surface area (Å²) in [6, 6.07) is 12.1. The molecule has 150 valence electrons. The van der Waals surface area contributed by atoms with Gasteiger partial charge in [0.15, 0.2) is 0 Å². The summed E-state index contributed by atoms with van der Waals surface area (Å²) < 4.78 is 0. The number of rotatable bonds is 4.